The minimum atomic E-state index is -0.735. The third-order valence-electron chi connectivity index (χ3n) is 4.54. The predicted molar refractivity (Wildman–Crippen MR) is 115 cm³/mol. The normalized spacial score (nSPS) is 21.6. The van der Waals surface area contributed by atoms with E-state index in [1.54, 1.807) is 59.2 Å². The SMILES string of the molecule is CC(C)(C)OC(=O)NC1C(=O)N2C(C(=O)OC(C)(C)C)=C(/C=C\c3nncs3)CCC12. The first-order valence-corrected chi connectivity index (χ1v) is 11.0. The van der Waals surface area contributed by atoms with Crippen LogP contribution in [-0.2, 0) is 19.1 Å². The van der Waals surface area contributed by atoms with Gasteiger partial charge in [-0.05, 0) is 66.0 Å². The number of allylic oxidation sites excluding steroid dienone is 2. The highest BCUT2D eigenvalue weighted by atomic mass is 32.1. The maximum atomic E-state index is 13.0. The summed E-state index contributed by atoms with van der Waals surface area (Å²) in [6.07, 6.45) is 4.02. The Hall–Kier alpha value is -2.75. The van der Waals surface area contributed by atoms with Crippen LogP contribution < -0.4 is 5.32 Å². The highest BCUT2D eigenvalue weighted by Gasteiger charge is 2.54. The second kappa shape index (κ2) is 8.41. The van der Waals surface area contributed by atoms with E-state index in [1.165, 1.54) is 16.2 Å². The molecule has 10 heteroatoms. The van der Waals surface area contributed by atoms with Crippen molar-refractivity contribution in [1.29, 1.82) is 0 Å². The number of carbonyl (C=O) groups is 3. The van der Waals surface area contributed by atoms with Crippen molar-refractivity contribution in [2.45, 2.75) is 77.7 Å². The molecule has 2 atom stereocenters. The van der Waals surface area contributed by atoms with E-state index in [1.807, 2.05) is 0 Å². The summed E-state index contributed by atoms with van der Waals surface area (Å²) in [7, 11) is 0. The molecule has 3 rings (SSSR count). The summed E-state index contributed by atoms with van der Waals surface area (Å²) in [5.41, 5.74) is 1.12. The van der Waals surface area contributed by atoms with E-state index in [-0.39, 0.29) is 17.6 Å². The van der Waals surface area contributed by atoms with E-state index < -0.39 is 29.3 Å². The Labute approximate surface area is 185 Å². The molecule has 2 aliphatic heterocycles. The number of hydrogen-bond donors (Lipinski definition) is 1. The summed E-state index contributed by atoms with van der Waals surface area (Å²) < 4.78 is 10.8. The van der Waals surface area contributed by atoms with E-state index in [9.17, 15) is 14.4 Å². The van der Waals surface area contributed by atoms with Crippen molar-refractivity contribution in [2.24, 2.45) is 0 Å². The van der Waals surface area contributed by atoms with Crippen LogP contribution in [0.15, 0.2) is 22.9 Å². The molecule has 1 N–H and O–H groups in total. The zero-order chi connectivity index (χ0) is 23.0. The molecule has 0 bridgehead atoms. The average Bonchev–Trinajstić information content (AvgIpc) is 3.14. The van der Waals surface area contributed by atoms with Crippen LogP contribution in [0.3, 0.4) is 0 Å². The molecule has 1 fully saturated rings. The third-order valence-corrected chi connectivity index (χ3v) is 5.20. The standard InChI is InChI=1S/C21H28N4O5S/c1-20(2,3)29-18(27)16-12(8-10-14-24-22-11-31-14)7-9-13-15(17(26)25(13)16)23-19(28)30-21(4,5)6/h8,10-11,13,15H,7,9H2,1-6H3,(H,23,28)/b10-8-. The lowest BCUT2D eigenvalue weighted by Gasteiger charge is -2.50. The Morgan fingerprint density at radius 3 is 2.42 bits per heavy atom. The maximum absolute atomic E-state index is 13.0. The van der Waals surface area contributed by atoms with Crippen LogP contribution in [0.1, 0.15) is 59.4 Å². The number of carbonyl (C=O) groups excluding carboxylic acids is 3. The van der Waals surface area contributed by atoms with Gasteiger partial charge in [0.2, 0.25) is 0 Å². The highest BCUT2D eigenvalue weighted by Crippen LogP contribution is 2.38. The summed E-state index contributed by atoms with van der Waals surface area (Å²) in [5, 5.41) is 11.1. The lowest BCUT2D eigenvalue weighted by molar-refractivity contribution is -0.161. The Kier molecular flexibility index (Phi) is 6.22. The first kappa shape index (κ1) is 22.9. The van der Waals surface area contributed by atoms with Gasteiger partial charge in [-0.1, -0.05) is 6.08 Å². The number of hydrogen-bond acceptors (Lipinski definition) is 8. The van der Waals surface area contributed by atoms with Crippen molar-refractivity contribution in [3.8, 4) is 0 Å². The summed E-state index contributed by atoms with van der Waals surface area (Å²) >= 11 is 1.37. The average molecular weight is 449 g/mol. The summed E-state index contributed by atoms with van der Waals surface area (Å²) in [5.74, 6) is -0.934. The second-order valence-corrected chi connectivity index (χ2v) is 10.3. The van der Waals surface area contributed by atoms with Gasteiger partial charge in [0.05, 0.1) is 6.04 Å². The highest BCUT2D eigenvalue weighted by molar-refractivity contribution is 7.10. The van der Waals surface area contributed by atoms with Crippen LogP contribution in [0.2, 0.25) is 0 Å². The van der Waals surface area contributed by atoms with E-state index >= 15 is 0 Å². The van der Waals surface area contributed by atoms with Crippen molar-refractivity contribution in [2.75, 3.05) is 0 Å². The number of ether oxygens (including phenoxy) is 2. The molecule has 168 valence electrons. The molecule has 1 aromatic rings. The van der Waals surface area contributed by atoms with Crippen molar-refractivity contribution < 1.29 is 23.9 Å². The van der Waals surface area contributed by atoms with Crippen molar-refractivity contribution >= 4 is 35.4 Å². The van der Waals surface area contributed by atoms with Crippen LogP contribution in [0, 0.1) is 0 Å². The molecular formula is C21H28N4O5S. The van der Waals surface area contributed by atoms with Gasteiger partial charge < -0.3 is 14.8 Å². The van der Waals surface area contributed by atoms with Crippen LogP contribution >= 0.6 is 11.3 Å². The fourth-order valence-corrected chi connectivity index (χ4v) is 3.87. The number of nitrogens with zero attached hydrogens (tertiary/aromatic N) is 3. The maximum Gasteiger partial charge on any atom is 0.408 e. The van der Waals surface area contributed by atoms with Crippen molar-refractivity contribution in [1.82, 2.24) is 20.4 Å². The predicted octanol–water partition coefficient (Wildman–Crippen LogP) is 3.05. The van der Waals surface area contributed by atoms with Gasteiger partial charge in [0.15, 0.2) is 0 Å². The first-order chi connectivity index (χ1) is 14.4. The molecular weight excluding hydrogens is 420 g/mol. The molecule has 0 spiro atoms. The fourth-order valence-electron chi connectivity index (χ4n) is 3.43. The summed E-state index contributed by atoms with van der Waals surface area (Å²) in [6.45, 7) is 10.6. The number of amides is 2. The molecule has 0 aromatic carbocycles. The smallest absolute Gasteiger partial charge is 0.408 e. The third kappa shape index (κ3) is 5.49. The molecule has 1 aromatic heterocycles. The Morgan fingerprint density at radius 2 is 1.84 bits per heavy atom. The van der Waals surface area contributed by atoms with E-state index in [0.717, 1.165) is 0 Å². The Morgan fingerprint density at radius 1 is 1.16 bits per heavy atom. The number of fused-ring (bicyclic) bond motifs is 1. The van der Waals surface area contributed by atoms with Crippen LogP contribution in [0.25, 0.3) is 6.08 Å². The molecule has 2 unspecified atom stereocenters. The Bertz CT molecular complexity index is 925. The first-order valence-electron chi connectivity index (χ1n) is 10.1. The van der Waals surface area contributed by atoms with E-state index in [0.29, 0.717) is 23.4 Å². The largest absolute Gasteiger partial charge is 0.455 e. The fraction of sp³-hybridized carbons (Fsp3) is 0.571. The number of esters is 1. The molecule has 2 aliphatic rings. The molecule has 0 saturated carbocycles. The molecule has 0 aliphatic carbocycles. The van der Waals surface area contributed by atoms with Gasteiger partial charge >= 0.3 is 12.1 Å². The number of β-lactam (4-membered cyclic amide) rings is 1. The zero-order valence-electron chi connectivity index (χ0n) is 18.6. The van der Waals surface area contributed by atoms with Crippen LogP contribution in [-0.4, -0.2) is 56.4 Å². The van der Waals surface area contributed by atoms with Gasteiger partial charge in [0, 0.05) is 0 Å². The van der Waals surface area contributed by atoms with Crippen LogP contribution in [0.4, 0.5) is 4.79 Å². The summed E-state index contributed by atoms with van der Waals surface area (Å²) in [6, 6.07) is -1.07. The topological polar surface area (TPSA) is 111 Å². The zero-order valence-corrected chi connectivity index (χ0v) is 19.4. The quantitative estimate of drug-likeness (QED) is 0.557. The molecule has 0 radical (unpaired) electrons. The van der Waals surface area contributed by atoms with Crippen LogP contribution in [0.5, 0.6) is 0 Å². The number of nitrogens with one attached hydrogen (secondary N) is 1. The van der Waals surface area contributed by atoms with Crippen molar-refractivity contribution in [3.05, 3.63) is 27.9 Å². The molecule has 9 nitrogen and oxygen atoms in total. The molecule has 2 amide bonds. The molecule has 31 heavy (non-hydrogen) atoms. The van der Waals surface area contributed by atoms with Gasteiger partial charge in [0.1, 0.15) is 33.5 Å². The van der Waals surface area contributed by atoms with Gasteiger partial charge in [-0.2, -0.15) is 0 Å². The minimum Gasteiger partial charge on any atom is -0.455 e. The second-order valence-electron chi connectivity index (χ2n) is 9.42. The number of aromatic nitrogens is 2. The summed E-state index contributed by atoms with van der Waals surface area (Å²) in [4.78, 5) is 39.5. The monoisotopic (exact) mass is 448 g/mol. The minimum absolute atomic E-state index is 0.208. The van der Waals surface area contributed by atoms with Gasteiger partial charge in [-0.3, -0.25) is 9.69 Å². The lowest BCUT2D eigenvalue weighted by Crippen LogP contribution is -2.72. The lowest BCUT2D eigenvalue weighted by atomic mass is 9.83. The van der Waals surface area contributed by atoms with Gasteiger partial charge in [0.25, 0.3) is 5.91 Å². The Balaban J connectivity index is 1.85. The number of alkyl carbamates (subject to hydrolysis) is 1. The van der Waals surface area contributed by atoms with Crippen molar-refractivity contribution in [3.63, 3.8) is 0 Å². The van der Waals surface area contributed by atoms with Gasteiger partial charge in [-0.15, -0.1) is 21.5 Å². The van der Waals surface area contributed by atoms with E-state index in [4.69, 9.17) is 9.47 Å². The molecule has 1 saturated heterocycles. The van der Waals surface area contributed by atoms with E-state index in [2.05, 4.69) is 15.5 Å². The molecule has 3 heterocycles. The number of rotatable bonds is 4. The van der Waals surface area contributed by atoms with Gasteiger partial charge in [-0.25, -0.2) is 9.59 Å².